The Labute approximate surface area is 140 Å². The van der Waals surface area contributed by atoms with Crippen LogP contribution >= 0.6 is 0 Å². The van der Waals surface area contributed by atoms with Crippen LogP contribution < -0.4 is 10.6 Å². The zero-order chi connectivity index (χ0) is 16.7. The van der Waals surface area contributed by atoms with Gasteiger partial charge in [0.05, 0.1) is 0 Å². The number of nitrogens with zero attached hydrogens (tertiary/aromatic N) is 1. The highest BCUT2D eigenvalue weighted by molar-refractivity contribution is 6.05. The number of fused-ring (bicyclic) bond motifs is 1. The van der Waals surface area contributed by atoms with Crippen LogP contribution in [-0.4, -0.2) is 41.8 Å². The minimum absolute atomic E-state index is 0.104. The molecule has 0 spiro atoms. The van der Waals surface area contributed by atoms with E-state index in [1.165, 1.54) is 12.0 Å². The van der Waals surface area contributed by atoms with Gasteiger partial charge in [0.1, 0.15) is 6.04 Å². The molecule has 6 nitrogen and oxygen atoms in total. The number of carbonyl (C=O) groups excluding carboxylic acids is 3. The van der Waals surface area contributed by atoms with Gasteiger partial charge in [0.25, 0.3) is 5.91 Å². The van der Waals surface area contributed by atoms with E-state index in [4.69, 9.17) is 0 Å². The summed E-state index contributed by atoms with van der Waals surface area (Å²) in [4.78, 5) is 37.6. The van der Waals surface area contributed by atoms with Crippen molar-refractivity contribution in [1.29, 1.82) is 0 Å². The minimum atomic E-state index is -0.539. The molecule has 0 aromatic heterocycles. The Morgan fingerprint density at radius 2 is 2.00 bits per heavy atom. The number of nitrogens with one attached hydrogen (secondary N) is 2. The van der Waals surface area contributed by atoms with Crippen LogP contribution in [0.25, 0.3) is 0 Å². The molecule has 2 atom stereocenters. The first-order valence-electron chi connectivity index (χ1n) is 8.61. The van der Waals surface area contributed by atoms with Crippen molar-refractivity contribution in [3.05, 3.63) is 34.9 Å². The lowest BCUT2D eigenvalue weighted by Crippen LogP contribution is -2.52. The molecule has 2 N–H and O–H groups in total. The fraction of sp³-hybridized carbons (Fsp3) is 0.500. The second kappa shape index (κ2) is 6.02. The van der Waals surface area contributed by atoms with E-state index in [1.807, 2.05) is 12.1 Å². The SMILES string of the molecule is O=C1CC[C@@H](N2Cc3cc([C@@H]4CCCNC4)ccc3C2=O)C(=O)N1. The van der Waals surface area contributed by atoms with Gasteiger partial charge in [-0.15, -0.1) is 0 Å². The third-order valence-electron chi connectivity index (χ3n) is 5.32. The van der Waals surface area contributed by atoms with Crippen LogP contribution in [-0.2, 0) is 16.1 Å². The minimum Gasteiger partial charge on any atom is -0.322 e. The normalized spacial score (nSPS) is 27.2. The van der Waals surface area contributed by atoms with Crippen molar-refractivity contribution < 1.29 is 14.4 Å². The Bertz CT molecular complexity index is 709. The molecule has 0 radical (unpaired) electrons. The van der Waals surface area contributed by atoms with E-state index in [-0.39, 0.29) is 24.1 Å². The van der Waals surface area contributed by atoms with Crippen LogP contribution in [0.5, 0.6) is 0 Å². The Morgan fingerprint density at radius 3 is 2.75 bits per heavy atom. The number of amides is 3. The third-order valence-corrected chi connectivity index (χ3v) is 5.32. The maximum absolute atomic E-state index is 12.7. The number of rotatable bonds is 2. The molecule has 2 fully saturated rings. The molecule has 2 saturated heterocycles. The summed E-state index contributed by atoms with van der Waals surface area (Å²) in [7, 11) is 0. The van der Waals surface area contributed by atoms with Gasteiger partial charge < -0.3 is 10.2 Å². The zero-order valence-electron chi connectivity index (χ0n) is 13.5. The average Bonchev–Trinajstić information content (AvgIpc) is 2.92. The highest BCUT2D eigenvalue weighted by atomic mass is 16.2. The standard InChI is InChI=1S/C18H21N3O3/c22-16-6-5-15(17(23)20-16)21-10-13-8-11(3-4-14(13)18(21)24)12-2-1-7-19-9-12/h3-4,8,12,15,19H,1-2,5-7,9-10H2,(H,20,22,23)/t12-,15-/m1/s1. The molecule has 3 heterocycles. The quantitative estimate of drug-likeness (QED) is 0.792. The molecular formula is C18H21N3O3. The highest BCUT2D eigenvalue weighted by Crippen LogP contribution is 2.31. The van der Waals surface area contributed by atoms with Gasteiger partial charge >= 0.3 is 0 Å². The van der Waals surface area contributed by atoms with Crippen molar-refractivity contribution in [2.75, 3.05) is 13.1 Å². The lowest BCUT2D eigenvalue weighted by molar-refractivity contribution is -0.136. The number of imide groups is 1. The maximum atomic E-state index is 12.7. The average molecular weight is 327 g/mol. The number of benzene rings is 1. The van der Waals surface area contributed by atoms with Gasteiger partial charge in [-0.3, -0.25) is 19.7 Å². The van der Waals surface area contributed by atoms with Crippen molar-refractivity contribution in [2.24, 2.45) is 0 Å². The molecule has 0 saturated carbocycles. The lowest BCUT2D eigenvalue weighted by Gasteiger charge is -2.29. The van der Waals surface area contributed by atoms with E-state index in [1.54, 1.807) is 4.90 Å². The molecule has 0 bridgehead atoms. The van der Waals surface area contributed by atoms with E-state index >= 15 is 0 Å². The Morgan fingerprint density at radius 1 is 1.12 bits per heavy atom. The van der Waals surface area contributed by atoms with E-state index in [9.17, 15) is 14.4 Å². The molecule has 1 aromatic carbocycles. The van der Waals surface area contributed by atoms with E-state index < -0.39 is 6.04 Å². The van der Waals surface area contributed by atoms with E-state index in [0.29, 0.717) is 24.4 Å². The number of hydrogen-bond donors (Lipinski definition) is 2. The molecule has 6 heteroatoms. The second-order valence-electron chi connectivity index (χ2n) is 6.86. The summed E-state index contributed by atoms with van der Waals surface area (Å²) >= 11 is 0. The molecule has 3 aliphatic rings. The molecule has 0 unspecified atom stereocenters. The van der Waals surface area contributed by atoms with Crippen LogP contribution in [0.2, 0.25) is 0 Å². The summed E-state index contributed by atoms with van der Waals surface area (Å²) in [6.07, 6.45) is 3.03. The first-order chi connectivity index (χ1) is 11.6. The predicted molar refractivity (Wildman–Crippen MR) is 87.3 cm³/mol. The first-order valence-corrected chi connectivity index (χ1v) is 8.61. The lowest BCUT2D eigenvalue weighted by atomic mass is 9.90. The molecule has 0 aliphatic carbocycles. The van der Waals surface area contributed by atoms with E-state index in [2.05, 4.69) is 16.7 Å². The van der Waals surface area contributed by atoms with Gasteiger partial charge in [0, 0.05) is 25.1 Å². The summed E-state index contributed by atoms with van der Waals surface area (Å²) in [6, 6.07) is 5.52. The highest BCUT2D eigenvalue weighted by Gasteiger charge is 2.39. The monoisotopic (exact) mass is 327 g/mol. The van der Waals surface area contributed by atoms with Crippen LogP contribution in [0, 0.1) is 0 Å². The molecule has 4 rings (SSSR count). The summed E-state index contributed by atoms with van der Waals surface area (Å²) in [5.74, 6) is -0.228. The van der Waals surface area contributed by atoms with Gasteiger partial charge in [-0.2, -0.15) is 0 Å². The molecule has 1 aromatic rings. The Hall–Kier alpha value is -2.21. The smallest absolute Gasteiger partial charge is 0.255 e. The molecule has 24 heavy (non-hydrogen) atoms. The van der Waals surface area contributed by atoms with Crippen LogP contribution in [0.3, 0.4) is 0 Å². The van der Waals surface area contributed by atoms with Gasteiger partial charge in [-0.1, -0.05) is 12.1 Å². The third kappa shape index (κ3) is 2.60. The van der Waals surface area contributed by atoms with E-state index in [0.717, 1.165) is 25.1 Å². The molecule has 3 amide bonds. The van der Waals surface area contributed by atoms with Crippen molar-refractivity contribution in [3.8, 4) is 0 Å². The largest absolute Gasteiger partial charge is 0.322 e. The van der Waals surface area contributed by atoms with Crippen molar-refractivity contribution in [2.45, 2.75) is 44.2 Å². The molecule has 126 valence electrons. The summed E-state index contributed by atoms with van der Waals surface area (Å²) < 4.78 is 0. The zero-order valence-corrected chi connectivity index (χ0v) is 13.5. The van der Waals surface area contributed by atoms with Crippen molar-refractivity contribution in [1.82, 2.24) is 15.5 Å². The van der Waals surface area contributed by atoms with Crippen molar-refractivity contribution >= 4 is 17.7 Å². The topological polar surface area (TPSA) is 78.5 Å². The summed E-state index contributed by atoms with van der Waals surface area (Å²) in [5.41, 5.74) is 2.94. The van der Waals surface area contributed by atoms with Crippen LogP contribution in [0.1, 0.15) is 53.1 Å². The summed E-state index contributed by atoms with van der Waals surface area (Å²) in [6.45, 7) is 2.50. The van der Waals surface area contributed by atoms with Crippen LogP contribution in [0.4, 0.5) is 0 Å². The Kier molecular flexibility index (Phi) is 3.84. The second-order valence-corrected chi connectivity index (χ2v) is 6.86. The van der Waals surface area contributed by atoms with Gasteiger partial charge in [0.15, 0.2) is 0 Å². The number of piperidine rings is 2. The number of hydrogen-bond acceptors (Lipinski definition) is 4. The summed E-state index contributed by atoms with van der Waals surface area (Å²) in [5, 5.41) is 5.75. The fourth-order valence-corrected chi connectivity index (χ4v) is 3.98. The van der Waals surface area contributed by atoms with Gasteiger partial charge in [-0.05, 0) is 48.9 Å². The maximum Gasteiger partial charge on any atom is 0.255 e. The van der Waals surface area contributed by atoms with Crippen molar-refractivity contribution in [3.63, 3.8) is 0 Å². The molecular weight excluding hydrogens is 306 g/mol. The van der Waals surface area contributed by atoms with Gasteiger partial charge in [0.2, 0.25) is 11.8 Å². The van der Waals surface area contributed by atoms with Crippen LogP contribution in [0.15, 0.2) is 18.2 Å². The molecule has 3 aliphatic heterocycles. The fourth-order valence-electron chi connectivity index (χ4n) is 3.98. The number of carbonyl (C=O) groups is 3. The Balaban J connectivity index is 1.55. The van der Waals surface area contributed by atoms with Gasteiger partial charge in [-0.25, -0.2) is 0 Å². The first kappa shape index (κ1) is 15.3. The predicted octanol–water partition coefficient (Wildman–Crippen LogP) is 0.915.